The average molecular weight is 393 g/mol. The van der Waals surface area contributed by atoms with Gasteiger partial charge in [-0.05, 0) is 40.2 Å². The first-order valence-corrected chi connectivity index (χ1v) is 8.88. The number of halogens is 1. The maximum absolute atomic E-state index is 12.1. The van der Waals surface area contributed by atoms with Gasteiger partial charge in [-0.2, -0.15) is 0 Å². The molecule has 0 fully saturated rings. The first-order chi connectivity index (χ1) is 11.1. The van der Waals surface area contributed by atoms with Crippen molar-refractivity contribution in [2.45, 2.75) is 11.3 Å². The molecule has 2 amide bonds. The average Bonchev–Trinajstić information content (AvgIpc) is 2.56. The predicted molar refractivity (Wildman–Crippen MR) is 97.9 cm³/mol. The predicted octanol–water partition coefficient (Wildman–Crippen LogP) is 3.93. The van der Waals surface area contributed by atoms with Gasteiger partial charge in [0, 0.05) is 28.6 Å². The van der Waals surface area contributed by atoms with Crippen molar-refractivity contribution >= 4 is 45.2 Å². The summed E-state index contributed by atoms with van der Waals surface area (Å²) in [5.41, 5.74) is 0.990. The van der Waals surface area contributed by atoms with Gasteiger partial charge in [0.15, 0.2) is 0 Å². The van der Waals surface area contributed by atoms with Gasteiger partial charge >= 0.3 is 0 Å². The lowest BCUT2D eigenvalue weighted by atomic mass is 10.1. The number of hydrogen-bond acceptors (Lipinski definition) is 3. The largest absolute Gasteiger partial charge is 0.355 e. The van der Waals surface area contributed by atoms with Gasteiger partial charge in [-0.1, -0.05) is 24.3 Å². The van der Waals surface area contributed by atoms with Crippen molar-refractivity contribution < 1.29 is 9.59 Å². The van der Waals surface area contributed by atoms with Gasteiger partial charge in [-0.3, -0.25) is 9.59 Å². The van der Waals surface area contributed by atoms with E-state index in [1.807, 2.05) is 24.3 Å². The van der Waals surface area contributed by atoms with Crippen molar-refractivity contribution in [3.05, 3.63) is 58.6 Å². The SMILES string of the molecule is CNC(=O)c1ccccc1NC(=O)CCSc1ccccc1Br. The molecular formula is C17H17BrN2O2S. The first kappa shape index (κ1) is 17.6. The second kappa shape index (κ2) is 8.74. The summed E-state index contributed by atoms with van der Waals surface area (Å²) in [5.74, 6) is 0.334. The second-order valence-corrected chi connectivity index (χ2v) is 6.69. The van der Waals surface area contributed by atoms with E-state index in [2.05, 4.69) is 26.6 Å². The van der Waals surface area contributed by atoms with Gasteiger partial charge in [0.05, 0.1) is 11.3 Å². The summed E-state index contributed by atoms with van der Waals surface area (Å²) < 4.78 is 1.02. The number of carbonyl (C=O) groups is 2. The number of amides is 2. The van der Waals surface area contributed by atoms with Gasteiger partial charge in [-0.25, -0.2) is 0 Å². The molecular weight excluding hydrogens is 376 g/mol. The van der Waals surface area contributed by atoms with E-state index in [1.165, 1.54) is 0 Å². The molecule has 0 heterocycles. The number of carbonyl (C=O) groups excluding carboxylic acids is 2. The zero-order valence-electron chi connectivity index (χ0n) is 12.6. The van der Waals surface area contributed by atoms with Crippen LogP contribution in [0, 0.1) is 0 Å². The molecule has 0 atom stereocenters. The molecule has 2 aromatic rings. The van der Waals surface area contributed by atoms with E-state index in [1.54, 1.807) is 43.1 Å². The van der Waals surface area contributed by atoms with E-state index in [0.29, 0.717) is 23.4 Å². The molecule has 0 saturated heterocycles. The van der Waals surface area contributed by atoms with Gasteiger partial charge in [-0.15, -0.1) is 11.8 Å². The van der Waals surface area contributed by atoms with Crippen LogP contribution >= 0.6 is 27.7 Å². The highest BCUT2D eigenvalue weighted by Gasteiger charge is 2.11. The number of para-hydroxylation sites is 1. The minimum Gasteiger partial charge on any atom is -0.355 e. The summed E-state index contributed by atoms with van der Waals surface area (Å²) in [5, 5.41) is 5.37. The highest BCUT2D eigenvalue weighted by atomic mass is 79.9. The summed E-state index contributed by atoms with van der Waals surface area (Å²) in [6, 6.07) is 14.9. The smallest absolute Gasteiger partial charge is 0.253 e. The maximum atomic E-state index is 12.1. The Kier molecular flexibility index (Phi) is 6.67. The molecule has 0 unspecified atom stereocenters. The van der Waals surface area contributed by atoms with Crippen LogP contribution < -0.4 is 10.6 Å². The Balaban J connectivity index is 1.91. The first-order valence-electron chi connectivity index (χ1n) is 7.10. The molecule has 0 bridgehead atoms. The number of hydrogen-bond donors (Lipinski definition) is 2. The van der Waals surface area contributed by atoms with E-state index in [4.69, 9.17) is 0 Å². The zero-order chi connectivity index (χ0) is 16.7. The highest BCUT2D eigenvalue weighted by Crippen LogP contribution is 2.27. The third kappa shape index (κ3) is 5.11. The van der Waals surface area contributed by atoms with Gasteiger partial charge in [0.1, 0.15) is 0 Å². The Morgan fingerprint density at radius 1 is 1.09 bits per heavy atom. The molecule has 0 aliphatic carbocycles. The number of benzene rings is 2. The molecule has 6 heteroatoms. The summed E-state index contributed by atoms with van der Waals surface area (Å²) in [6.45, 7) is 0. The molecule has 0 spiro atoms. The standard InChI is InChI=1S/C17H17BrN2O2S/c1-19-17(22)12-6-2-4-8-14(12)20-16(21)10-11-23-15-9-5-3-7-13(15)18/h2-9H,10-11H2,1H3,(H,19,22)(H,20,21). The fourth-order valence-electron chi connectivity index (χ4n) is 1.95. The number of anilines is 1. The topological polar surface area (TPSA) is 58.2 Å². The van der Waals surface area contributed by atoms with Crippen LogP contribution in [0.15, 0.2) is 57.9 Å². The fourth-order valence-corrected chi connectivity index (χ4v) is 3.47. The molecule has 4 nitrogen and oxygen atoms in total. The van der Waals surface area contributed by atoms with Gasteiger partial charge in [0.2, 0.25) is 5.91 Å². The Morgan fingerprint density at radius 3 is 2.52 bits per heavy atom. The molecule has 0 aliphatic heterocycles. The molecule has 0 radical (unpaired) electrons. The third-order valence-corrected chi connectivity index (χ3v) is 5.13. The van der Waals surface area contributed by atoms with Crippen LogP contribution in [-0.4, -0.2) is 24.6 Å². The Morgan fingerprint density at radius 2 is 1.78 bits per heavy atom. The summed E-state index contributed by atoms with van der Waals surface area (Å²) in [7, 11) is 1.56. The molecule has 0 aliphatic rings. The van der Waals surface area contributed by atoms with Crippen molar-refractivity contribution in [1.82, 2.24) is 5.32 Å². The van der Waals surface area contributed by atoms with E-state index >= 15 is 0 Å². The quantitative estimate of drug-likeness (QED) is 0.732. The monoisotopic (exact) mass is 392 g/mol. The fraction of sp³-hybridized carbons (Fsp3) is 0.176. The minimum atomic E-state index is -0.219. The van der Waals surface area contributed by atoms with E-state index in [9.17, 15) is 9.59 Å². The van der Waals surface area contributed by atoms with Crippen molar-refractivity contribution in [3.63, 3.8) is 0 Å². The van der Waals surface area contributed by atoms with Crippen molar-refractivity contribution in [2.24, 2.45) is 0 Å². The van der Waals surface area contributed by atoms with Crippen LogP contribution in [0.4, 0.5) is 5.69 Å². The van der Waals surface area contributed by atoms with Crippen molar-refractivity contribution in [1.29, 1.82) is 0 Å². The number of thioether (sulfide) groups is 1. The van der Waals surface area contributed by atoms with Crippen LogP contribution in [0.2, 0.25) is 0 Å². The molecule has 2 rings (SSSR count). The Labute approximate surface area is 148 Å². The molecule has 2 aromatic carbocycles. The molecule has 2 N–H and O–H groups in total. The van der Waals surface area contributed by atoms with Crippen LogP contribution in [-0.2, 0) is 4.79 Å². The lowest BCUT2D eigenvalue weighted by molar-refractivity contribution is -0.115. The second-order valence-electron chi connectivity index (χ2n) is 4.70. The van der Waals surface area contributed by atoms with Crippen molar-refractivity contribution in [2.75, 3.05) is 18.1 Å². The maximum Gasteiger partial charge on any atom is 0.253 e. The Hall–Kier alpha value is -1.79. The number of nitrogens with one attached hydrogen (secondary N) is 2. The summed E-state index contributed by atoms with van der Waals surface area (Å²) >= 11 is 5.10. The van der Waals surface area contributed by atoms with Gasteiger partial charge in [0.25, 0.3) is 5.91 Å². The molecule has 120 valence electrons. The van der Waals surface area contributed by atoms with Crippen LogP contribution in [0.5, 0.6) is 0 Å². The molecule has 23 heavy (non-hydrogen) atoms. The van der Waals surface area contributed by atoms with Crippen LogP contribution in [0.25, 0.3) is 0 Å². The minimum absolute atomic E-state index is 0.110. The molecule has 0 aromatic heterocycles. The van der Waals surface area contributed by atoms with E-state index in [-0.39, 0.29) is 11.8 Å². The third-order valence-electron chi connectivity index (χ3n) is 3.10. The van der Waals surface area contributed by atoms with E-state index < -0.39 is 0 Å². The lowest BCUT2D eigenvalue weighted by Crippen LogP contribution is -2.21. The van der Waals surface area contributed by atoms with Gasteiger partial charge < -0.3 is 10.6 Å². The van der Waals surface area contributed by atoms with E-state index in [0.717, 1.165) is 9.37 Å². The molecule has 0 saturated carbocycles. The zero-order valence-corrected chi connectivity index (χ0v) is 15.0. The van der Waals surface area contributed by atoms with Crippen molar-refractivity contribution in [3.8, 4) is 0 Å². The van der Waals surface area contributed by atoms with Crippen LogP contribution in [0.3, 0.4) is 0 Å². The highest BCUT2D eigenvalue weighted by molar-refractivity contribution is 9.10. The Bertz CT molecular complexity index is 706. The summed E-state index contributed by atoms with van der Waals surface area (Å²) in [6.07, 6.45) is 0.369. The van der Waals surface area contributed by atoms with Crippen LogP contribution in [0.1, 0.15) is 16.8 Å². The number of rotatable bonds is 6. The summed E-state index contributed by atoms with van der Waals surface area (Å²) in [4.78, 5) is 25.0. The normalized spacial score (nSPS) is 10.2. The lowest BCUT2D eigenvalue weighted by Gasteiger charge is -2.10.